The standard InChI is InChI=1S/C18H15BrF7NO2/c1-2-5-11-8-12(19)10-15(9-11,13-6-3-4-7-14(13)27(28)29)16(20,17(21,22)23)18(24,25)26/h3-4,6-7,9-10H,2,5,8H2,1H3. The van der Waals surface area contributed by atoms with E-state index in [4.69, 9.17) is 0 Å². The van der Waals surface area contributed by atoms with E-state index in [2.05, 4.69) is 15.9 Å². The lowest BCUT2D eigenvalue weighted by Crippen LogP contribution is -2.65. The van der Waals surface area contributed by atoms with Gasteiger partial charge in [0.05, 0.1) is 10.3 Å². The average molecular weight is 490 g/mol. The molecule has 2 rings (SSSR count). The lowest BCUT2D eigenvalue weighted by atomic mass is 9.63. The van der Waals surface area contributed by atoms with E-state index in [9.17, 15) is 36.5 Å². The summed E-state index contributed by atoms with van der Waals surface area (Å²) in [6.07, 6.45) is -11.4. The predicted molar refractivity (Wildman–Crippen MR) is 95.3 cm³/mol. The van der Waals surface area contributed by atoms with Gasteiger partial charge >= 0.3 is 18.0 Å². The Balaban J connectivity index is 3.07. The summed E-state index contributed by atoms with van der Waals surface area (Å²) >= 11 is 2.91. The van der Waals surface area contributed by atoms with Crippen molar-refractivity contribution in [3.63, 3.8) is 0 Å². The molecule has 1 aliphatic rings. The number of hydrogen-bond acceptors (Lipinski definition) is 2. The molecule has 1 unspecified atom stereocenters. The summed E-state index contributed by atoms with van der Waals surface area (Å²) in [6.45, 7) is 1.65. The van der Waals surface area contributed by atoms with E-state index in [1.54, 1.807) is 6.92 Å². The van der Waals surface area contributed by atoms with Crippen LogP contribution in [-0.4, -0.2) is 22.9 Å². The fraction of sp³-hybridized carbons (Fsp3) is 0.444. The zero-order valence-corrected chi connectivity index (χ0v) is 16.5. The number of nitro groups is 1. The highest BCUT2D eigenvalue weighted by Gasteiger charge is 2.81. The third-order valence-electron chi connectivity index (χ3n) is 4.68. The summed E-state index contributed by atoms with van der Waals surface area (Å²) in [5, 5.41) is 11.4. The molecule has 0 spiro atoms. The van der Waals surface area contributed by atoms with Crippen LogP contribution in [0.15, 0.2) is 46.5 Å². The van der Waals surface area contributed by atoms with Crippen LogP contribution < -0.4 is 0 Å². The Morgan fingerprint density at radius 3 is 2.10 bits per heavy atom. The first-order chi connectivity index (χ1) is 13.2. The molecule has 1 aromatic carbocycles. The zero-order chi connectivity index (χ0) is 22.3. The largest absolute Gasteiger partial charge is 0.433 e. The zero-order valence-electron chi connectivity index (χ0n) is 14.9. The number of nitrogens with zero attached hydrogens (tertiary/aromatic N) is 1. The van der Waals surface area contributed by atoms with Crippen molar-refractivity contribution in [3.8, 4) is 0 Å². The van der Waals surface area contributed by atoms with Crippen molar-refractivity contribution in [2.75, 3.05) is 0 Å². The molecule has 160 valence electrons. The molecule has 29 heavy (non-hydrogen) atoms. The number of para-hydroxylation sites is 1. The van der Waals surface area contributed by atoms with Gasteiger partial charge in [0, 0.05) is 11.6 Å². The molecule has 0 amide bonds. The van der Waals surface area contributed by atoms with Gasteiger partial charge in [-0.15, -0.1) is 0 Å². The molecule has 0 N–H and O–H groups in total. The predicted octanol–water partition coefficient (Wildman–Crippen LogP) is 7.07. The number of allylic oxidation sites excluding steroid dienone is 4. The summed E-state index contributed by atoms with van der Waals surface area (Å²) in [6, 6.07) is 3.57. The highest BCUT2D eigenvalue weighted by atomic mass is 79.9. The number of benzene rings is 1. The lowest BCUT2D eigenvalue weighted by Gasteiger charge is -2.45. The normalized spacial score (nSPS) is 20.9. The maximum absolute atomic E-state index is 15.5. The second kappa shape index (κ2) is 7.73. The summed E-state index contributed by atoms with van der Waals surface area (Å²) in [5.41, 5.74) is -11.3. The quantitative estimate of drug-likeness (QED) is 0.192. The van der Waals surface area contributed by atoms with Crippen LogP contribution in [0.5, 0.6) is 0 Å². The monoisotopic (exact) mass is 489 g/mol. The molecule has 0 bridgehead atoms. The van der Waals surface area contributed by atoms with Crippen molar-refractivity contribution in [1.29, 1.82) is 0 Å². The minimum Gasteiger partial charge on any atom is -0.258 e. The topological polar surface area (TPSA) is 43.1 Å². The Morgan fingerprint density at radius 1 is 1.07 bits per heavy atom. The Morgan fingerprint density at radius 2 is 1.62 bits per heavy atom. The van der Waals surface area contributed by atoms with Gasteiger partial charge in [-0.3, -0.25) is 10.1 Å². The van der Waals surface area contributed by atoms with Gasteiger partial charge in [0.2, 0.25) is 0 Å². The number of rotatable bonds is 5. The first-order valence-electron chi connectivity index (χ1n) is 8.35. The molecular weight excluding hydrogens is 475 g/mol. The Hall–Kier alpha value is -1.91. The molecule has 0 aliphatic heterocycles. The molecule has 0 saturated heterocycles. The van der Waals surface area contributed by atoms with Crippen LogP contribution in [0.1, 0.15) is 31.7 Å². The van der Waals surface area contributed by atoms with Crippen LogP contribution in [0.3, 0.4) is 0 Å². The van der Waals surface area contributed by atoms with Crippen LogP contribution >= 0.6 is 15.9 Å². The van der Waals surface area contributed by atoms with Gasteiger partial charge in [-0.05, 0) is 17.3 Å². The van der Waals surface area contributed by atoms with Gasteiger partial charge in [0.25, 0.3) is 5.69 Å². The SMILES string of the molecule is CCCC1=CC(c2ccccc2[N+](=O)[O-])(C(F)(C(F)(F)F)C(F)(F)F)C=C(Br)C1. The van der Waals surface area contributed by atoms with Crippen molar-refractivity contribution in [1.82, 2.24) is 0 Å². The Labute approximate surface area is 169 Å². The second-order valence-electron chi connectivity index (χ2n) is 6.62. The maximum atomic E-state index is 15.5. The van der Waals surface area contributed by atoms with E-state index in [1.165, 1.54) is 0 Å². The summed E-state index contributed by atoms with van der Waals surface area (Å²) in [7, 11) is 0. The van der Waals surface area contributed by atoms with Crippen molar-refractivity contribution in [2.24, 2.45) is 0 Å². The molecule has 1 aromatic rings. The second-order valence-corrected chi connectivity index (χ2v) is 7.64. The van der Waals surface area contributed by atoms with Crippen LogP contribution in [-0.2, 0) is 5.41 Å². The first-order valence-corrected chi connectivity index (χ1v) is 9.14. The van der Waals surface area contributed by atoms with Crippen LogP contribution in [0.2, 0.25) is 0 Å². The molecule has 1 atom stereocenters. The molecule has 11 heteroatoms. The number of hydrogen-bond donors (Lipinski definition) is 0. The van der Waals surface area contributed by atoms with E-state index < -0.39 is 39.6 Å². The summed E-state index contributed by atoms with van der Waals surface area (Å²) < 4.78 is 97.8. The fourth-order valence-electron chi connectivity index (χ4n) is 3.56. The third kappa shape index (κ3) is 3.80. The molecule has 0 fully saturated rings. The van der Waals surface area contributed by atoms with Gasteiger partial charge in [0.15, 0.2) is 0 Å². The average Bonchev–Trinajstić information content (AvgIpc) is 2.58. The van der Waals surface area contributed by atoms with E-state index in [0.717, 1.165) is 18.2 Å². The van der Waals surface area contributed by atoms with Crippen molar-refractivity contribution in [2.45, 2.75) is 49.6 Å². The summed E-state index contributed by atoms with van der Waals surface area (Å²) in [4.78, 5) is 10.3. The van der Waals surface area contributed by atoms with E-state index in [0.29, 0.717) is 24.6 Å². The van der Waals surface area contributed by atoms with Crippen molar-refractivity contribution < 1.29 is 35.7 Å². The molecule has 1 aliphatic carbocycles. The minimum absolute atomic E-state index is 0.0258. The molecule has 0 aromatic heterocycles. The van der Waals surface area contributed by atoms with E-state index >= 15 is 4.39 Å². The Kier molecular flexibility index (Phi) is 6.23. The highest BCUT2D eigenvalue weighted by Crippen LogP contribution is 2.61. The van der Waals surface area contributed by atoms with Gasteiger partial charge < -0.3 is 0 Å². The number of alkyl halides is 7. The van der Waals surface area contributed by atoms with Crippen molar-refractivity contribution in [3.05, 3.63) is 62.2 Å². The van der Waals surface area contributed by atoms with Gasteiger partial charge in [-0.25, -0.2) is 4.39 Å². The van der Waals surface area contributed by atoms with Crippen LogP contribution in [0, 0.1) is 10.1 Å². The number of halogens is 8. The van der Waals surface area contributed by atoms with Crippen LogP contribution in [0.4, 0.5) is 36.4 Å². The lowest BCUT2D eigenvalue weighted by molar-refractivity contribution is -0.388. The van der Waals surface area contributed by atoms with Gasteiger partial charge in [-0.2, -0.15) is 26.3 Å². The highest BCUT2D eigenvalue weighted by molar-refractivity contribution is 9.11. The van der Waals surface area contributed by atoms with E-state index in [-0.39, 0.29) is 22.9 Å². The smallest absolute Gasteiger partial charge is 0.258 e. The number of nitro benzene ring substituents is 1. The van der Waals surface area contributed by atoms with E-state index in [1.807, 2.05) is 0 Å². The third-order valence-corrected chi connectivity index (χ3v) is 5.19. The molecule has 0 radical (unpaired) electrons. The van der Waals surface area contributed by atoms with Crippen molar-refractivity contribution >= 4 is 21.6 Å². The molecule has 3 nitrogen and oxygen atoms in total. The Bertz CT molecular complexity index is 847. The molecule has 0 heterocycles. The maximum Gasteiger partial charge on any atom is 0.433 e. The summed E-state index contributed by atoms with van der Waals surface area (Å²) in [5.74, 6) is 0. The fourth-order valence-corrected chi connectivity index (χ4v) is 4.28. The van der Waals surface area contributed by atoms with Crippen LogP contribution in [0.25, 0.3) is 0 Å². The molecule has 0 saturated carbocycles. The first kappa shape index (κ1) is 23.4. The van der Waals surface area contributed by atoms with Gasteiger partial charge in [-0.1, -0.05) is 65.2 Å². The molecular formula is C18H15BrF7NO2. The minimum atomic E-state index is -6.41. The van der Waals surface area contributed by atoms with Gasteiger partial charge in [0.1, 0.15) is 0 Å².